The molecule has 1 unspecified atom stereocenters. The molecule has 0 aliphatic rings. The van der Waals surface area contributed by atoms with Crippen LogP contribution in [-0.2, 0) is 19.3 Å². The third-order valence-corrected chi connectivity index (χ3v) is 11.3. The summed E-state index contributed by atoms with van der Waals surface area (Å²) in [6.07, 6.45) is 24.6. The number of benzene rings is 4. The van der Waals surface area contributed by atoms with E-state index in [1.807, 2.05) is 0 Å². The van der Waals surface area contributed by atoms with Gasteiger partial charge in [-0.3, -0.25) is 0 Å². The summed E-state index contributed by atoms with van der Waals surface area (Å²) in [4.78, 5) is 0. The molecule has 4 aromatic carbocycles. The van der Waals surface area contributed by atoms with E-state index in [2.05, 4.69) is 131 Å². The molecule has 3 nitrogen and oxygen atoms in total. The van der Waals surface area contributed by atoms with Crippen molar-refractivity contribution in [2.24, 2.45) is 0 Å². The Labute approximate surface area is 331 Å². The van der Waals surface area contributed by atoms with Crippen LogP contribution in [0.25, 0.3) is 22.3 Å². The Hall–Kier alpha value is -3.72. The zero-order chi connectivity index (χ0) is 38.4. The summed E-state index contributed by atoms with van der Waals surface area (Å²) in [5.74, 6) is 1.47. The van der Waals surface area contributed by atoms with Gasteiger partial charge in [0.1, 0.15) is 5.75 Å². The second-order valence-electron chi connectivity index (χ2n) is 15.7. The van der Waals surface area contributed by atoms with Gasteiger partial charge in [-0.25, -0.2) is 0 Å². The molecule has 0 aliphatic heterocycles. The van der Waals surface area contributed by atoms with Gasteiger partial charge in [0.05, 0.1) is 18.0 Å². The summed E-state index contributed by atoms with van der Waals surface area (Å²) in [6, 6.07) is 29.4. The van der Waals surface area contributed by atoms with E-state index in [1.54, 1.807) is 0 Å². The Morgan fingerprint density at radius 3 is 1.50 bits per heavy atom. The van der Waals surface area contributed by atoms with E-state index in [0.717, 1.165) is 50.1 Å². The van der Waals surface area contributed by atoms with Crippen molar-refractivity contribution in [3.05, 3.63) is 101 Å². The summed E-state index contributed by atoms with van der Waals surface area (Å²) < 4.78 is 6.41. The Kier molecular flexibility index (Phi) is 19.6. The minimum atomic E-state index is 0.432. The normalized spacial score (nSPS) is 11.8. The first kappa shape index (κ1) is 43.0. The smallest absolute Gasteiger partial charge is 0.122 e. The molecule has 0 bridgehead atoms. The first-order valence-corrected chi connectivity index (χ1v) is 22.1. The first-order chi connectivity index (χ1) is 26.5. The molecule has 0 fully saturated rings. The lowest BCUT2D eigenvalue weighted by atomic mass is 9.94. The van der Waals surface area contributed by atoms with E-state index in [4.69, 9.17) is 4.74 Å². The fourth-order valence-corrected chi connectivity index (χ4v) is 7.64. The van der Waals surface area contributed by atoms with Gasteiger partial charge in [0.25, 0.3) is 0 Å². The summed E-state index contributed by atoms with van der Waals surface area (Å²) in [5.41, 5.74) is 19.9. The van der Waals surface area contributed by atoms with Gasteiger partial charge in [0.15, 0.2) is 0 Å². The molecule has 54 heavy (non-hydrogen) atoms. The third-order valence-electron chi connectivity index (χ3n) is 11.3. The van der Waals surface area contributed by atoms with Gasteiger partial charge >= 0.3 is 0 Å². The molecule has 0 saturated carbocycles. The number of anilines is 2. The number of ether oxygens (including phenoxy) is 1. The molecule has 4 rings (SSSR count). The van der Waals surface area contributed by atoms with Crippen LogP contribution < -0.4 is 15.6 Å². The largest absolute Gasteiger partial charge is 0.493 e. The van der Waals surface area contributed by atoms with Crippen LogP contribution in [0.5, 0.6) is 5.75 Å². The molecule has 2 N–H and O–H groups in total. The van der Waals surface area contributed by atoms with Gasteiger partial charge in [-0.05, 0) is 113 Å². The van der Waals surface area contributed by atoms with Crippen molar-refractivity contribution in [2.45, 2.75) is 169 Å². The summed E-state index contributed by atoms with van der Waals surface area (Å²) in [5, 5.41) is 0. The maximum Gasteiger partial charge on any atom is 0.122 e. The van der Waals surface area contributed by atoms with Crippen molar-refractivity contribution in [1.29, 1.82) is 0 Å². The van der Waals surface area contributed by atoms with E-state index < -0.39 is 0 Å². The first-order valence-electron chi connectivity index (χ1n) is 22.1. The van der Waals surface area contributed by atoms with E-state index in [1.165, 1.54) is 140 Å². The number of rotatable bonds is 27. The topological polar surface area (TPSA) is 33.3 Å². The summed E-state index contributed by atoms with van der Waals surface area (Å²) in [6.45, 7) is 14.4. The Bertz CT molecular complexity index is 1580. The molecule has 0 aromatic heterocycles. The molecule has 4 aromatic rings. The van der Waals surface area contributed by atoms with Crippen LogP contribution in [0.4, 0.5) is 11.4 Å². The lowest BCUT2D eigenvalue weighted by molar-refractivity contribution is 0.299. The predicted octanol–water partition coefficient (Wildman–Crippen LogP) is 15.9. The zero-order valence-electron chi connectivity index (χ0n) is 35.1. The van der Waals surface area contributed by atoms with Crippen molar-refractivity contribution >= 4 is 11.4 Å². The highest BCUT2D eigenvalue weighted by Crippen LogP contribution is 2.34. The molecule has 0 amide bonds. The van der Waals surface area contributed by atoms with E-state index in [0.29, 0.717) is 5.92 Å². The molecule has 0 saturated heterocycles. The highest BCUT2D eigenvalue weighted by molar-refractivity contribution is 5.75. The van der Waals surface area contributed by atoms with E-state index in [9.17, 15) is 0 Å². The summed E-state index contributed by atoms with van der Waals surface area (Å²) in [7, 11) is 0. The lowest BCUT2D eigenvalue weighted by Crippen LogP contribution is -2.13. The molecule has 0 heterocycles. The standard InChI is InChI=1S/C51H74N2O/c1-7-12-13-14-15-16-17-18-19-20-21-22-23-24-36-54-50-35-34-48(39-49(50)40(6)9-3)52-53-51-42(10-4)37-47(38-43(51)11-5)46-32-30-45(31-33-46)44-28-26-41(25-8-2)27-29-44/h26-35,37-40,52-53H,7-25,36H2,1-6H3. The minimum absolute atomic E-state index is 0.432. The van der Waals surface area contributed by atoms with Crippen LogP contribution in [-0.4, -0.2) is 6.61 Å². The molecular formula is C51H74N2O. The second kappa shape index (κ2) is 24.6. The average molecular weight is 731 g/mol. The Morgan fingerprint density at radius 2 is 1.00 bits per heavy atom. The number of aryl methyl sites for hydroxylation is 3. The SMILES string of the molecule is CCCCCCCCCCCCCCCCOc1ccc(NNc2c(CC)cc(-c3ccc(-c4ccc(CCC)cc4)cc3)cc2CC)cc1C(C)CC. The highest BCUT2D eigenvalue weighted by Gasteiger charge is 2.14. The van der Waals surface area contributed by atoms with Gasteiger partial charge in [-0.1, -0.05) is 180 Å². The van der Waals surface area contributed by atoms with Gasteiger partial charge in [0, 0.05) is 0 Å². The van der Waals surface area contributed by atoms with Crippen LogP contribution in [0.2, 0.25) is 0 Å². The van der Waals surface area contributed by atoms with Gasteiger partial charge in [-0.2, -0.15) is 0 Å². The maximum absolute atomic E-state index is 6.41. The predicted molar refractivity (Wildman–Crippen MR) is 238 cm³/mol. The van der Waals surface area contributed by atoms with Gasteiger partial charge in [0.2, 0.25) is 0 Å². The van der Waals surface area contributed by atoms with Crippen LogP contribution >= 0.6 is 0 Å². The van der Waals surface area contributed by atoms with E-state index in [-0.39, 0.29) is 0 Å². The molecule has 0 radical (unpaired) electrons. The Balaban J connectivity index is 1.28. The van der Waals surface area contributed by atoms with Crippen molar-refractivity contribution in [3.63, 3.8) is 0 Å². The van der Waals surface area contributed by atoms with Crippen molar-refractivity contribution in [2.75, 3.05) is 17.5 Å². The Morgan fingerprint density at radius 1 is 0.500 bits per heavy atom. The van der Waals surface area contributed by atoms with Gasteiger partial charge < -0.3 is 15.6 Å². The fourth-order valence-electron chi connectivity index (χ4n) is 7.64. The number of hydrogen-bond acceptors (Lipinski definition) is 3. The number of unbranched alkanes of at least 4 members (excludes halogenated alkanes) is 13. The molecule has 1 atom stereocenters. The zero-order valence-corrected chi connectivity index (χ0v) is 35.1. The van der Waals surface area contributed by atoms with Gasteiger partial charge in [-0.15, -0.1) is 0 Å². The number of hydrogen-bond donors (Lipinski definition) is 2. The van der Waals surface area contributed by atoms with E-state index >= 15 is 0 Å². The number of nitrogens with one attached hydrogen (secondary N) is 2. The molecule has 294 valence electrons. The average Bonchev–Trinajstić information content (AvgIpc) is 3.21. The highest BCUT2D eigenvalue weighted by atomic mass is 16.5. The monoisotopic (exact) mass is 731 g/mol. The molecule has 0 aliphatic carbocycles. The fraction of sp³-hybridized carbons (Fsp3) is 0.529. The minimum Gasteiger partial charge on any atom is -0.493 e. The van der Waals surface area contributed by atoms with Crippen LogP contribution in [0.1, 0.15) is 172 Å². The van der Waals surface area contributed by atoms with Crippen molar-refractivity contribution in [3.8, 4) is 28.0 Å². The third kappa shape index (κ3) is 13.8. The maximum atomic E-state index is 6.41. The number of hydrazine groups is 1. The van der Waals surface area contributed by atoms with Crippen LogP contribution in [0, 0.1) is 0 Å². The van der Waals surface area contributed by atoms with Crippen molar-refractivity contribution < 1.29 is 4.74 Å². The second-order valence-corrected chi connectivity index (χ2v) is 15.7. The molecular weight excluding hydrogens is 657 g/mol. The quantitative estimate of drug-likeness (QED) is 0.0473. The summed E-state index contributed by atoms with van der Waals surface area (Å²) >= 11 is 0. The molecule has 3 heteroatoms. The van der Waals surface area contributed by atoms with Crippen molar-refractivity contribution in [1.82, 2.24) is 0 Å². The van der Waals surface area contributed by atoms with Crippen LogP contribution in [0.15, 0.2) is 78.9 Å². The lowest BCUT2D eigenvalue weighted by Gasteiger charge is -2.21. The van der Waals surface area contributed by atoms with Crippen LogP contribution in [0.3, 0.4) is 0 Å². The molecule has 0 spiro atoms.